The van der Waals surface area contributed by atoms with Crippen molar-refractivity contribution in [1.29, 1.82) is 0 Å². The second-order valence-electron chi connectivity index (χ2n) is 4.80. The highest BCUT2D eigenvalue weighted by atomic mass is 35.5. The Labute approximate surface area is 124 Å². The van der Waals surface area contributed by atoms with Gasteiger partial charge in [-0.15, -0.1) is 0 Å². The molecule has 0 aliphatic heterocycles. The van der Waals surface area contributed by atoms with Gasteiger partial charge < -0.3 is 5.73 Å². The molecule has 100 valence electrons. The summed E-state index contributed by atoms with van der Waals surface area (Å²) in [7, 11) is 0. The Kier molecular flexibility index (Phi) is 4.87. The minimum absolute atomic E-state index is 0.0175. The topological polar surface area (TPSA) is 26.0 Å². The first-order valence-electron chi connectivity index (χ1n) is 6.32. The highest BCUT2D eigenvalue weighted by molar-refractivity contribution is 6.42. The van der Waals surface area contributed by atoms with Crippen molar-refractivity contribution >= 4 is 23.2 Å². The number of hydrogen-bond donors (Lipinski definition) is 1. The summed E-state index contributed by atoms with van der Waals surface area (Å²) in [4.78, 5) is 0. The zero-order valence-corrected chi connectivity index (χ0v) is 12.4. The van der Waals surface area contributed by atoms with Crippen LogP contribution >= 0.6 is 23.2 Å². The molecule has 0 saturated carbocycles. The van der Waals surface area contributed by atoms with Crippen LogP contribution in [0.3, 0.4) is 0 Å². The minimum Gasteiger partial charge on any atom is -0.324 e. The lowest BCUT2D eigenvalue weighted by Gasteiger charge is -2.13. The highest BCUT2D eigenvalue weighted by Gasteiger charge is 2.08. The van der Waals surface area contributed by atoms with E-state index < -0.39 is 0 Å². The second kappa shape index (κ2) is 6.42. The molecule has 0 radical (unpaired) electrons. The zero-order valence-electron chi connectivity index (χ0n) is 10.9. The monoisotopic (exact) mass is 293 g/mol. The normalized spacial score (nSPS) is 12.4. The molecule has 2 rings (SSSR count). The van der Waals surface area contributed by atoms with Crippen molar-refractivity contribution in [1.82, 2.24) is 0 Å². The summed E-state index contributed by atoms with van der Waals surface area (Å²) < 4.78 is 0. The van der Waals surface area contributed by atoms with E-state index in [-0.39, 0.29) is 6.04 Å². The Morgan fingerprint density at radius 3 is 2.32 bits per heavy atom. The third-order valence-corrected chi connectivity index (χ3v) is 3.98. The van der Waals surface area contributed by atoms with Crippen molar-refractivity contribution in [2.75, 3.05) is 0 Å². The van der Waals surface area contributed by atoms with Crippen molar-refractivity contribution in [3.05, 3.63) is 69.2 Å². The van der Waals surface area contributed by atoms with E-state index in [9.17, 15) is 0 Å². The van der Waals surface area contributed by atoms with Gasteiger partial charge in [0.05, 0.1) is 10.0 Å². The highest BCUT2D eigenvalue weighted by Crippen LogP contribution is 2.26. The molecule has 0 heterocycles. The Hall–Kier alpha value is -1.02. The second-order valence-corrected chi connectivity index (χ2v) is 5.62. The van der Waals surface area contributed by atoms with Crippen LogP contribution in [0.1, 0.15) is 29.2 Å². The third kappa shape index (κ3) is 3.97. The van der Waals surface area contributed by atoms with Crippen LogP contribution in [0.4, 0.5) is 0 Å². The maximum absolute atomic E-state index is 6.19. The van der Waals surface area contributed by atoms with Crippen LogP contribution in [-0.4, -0.2) is 0 Å². The molecule has 0 amide bonds. The van der Waals surface area contributed by atoms with Gasteiger partial charge in [-0.05, 0) is 43.0 Å². The first-order valence-corrected chi connectivity index (χ1v) is 7.08. The summed E-state index contributed by atoms with van der Waals surface area (Å²) in [5.74, 6) is 0. The largest absolute Gasteiger partial charge is 0.324 e. The lowest BCUT2D eigenvalue weighted by Crippen LogP contribution is -2.11. The lowest BCUT2D eigenvalue weighted by molar-refractivity contribution is 0.651. The van der Waals surface area contributed by atoms with E-state index >= 15 is 0 Å². The Morgan fingerprint density at radius 1 is 1.00 bits per heavy atom. The number of rotatable bonds is 4. The smallest absolute Gasteiger partial charge is 0.0595 e. The van der Waals surface area contributed by atoms with Crippen LogP contribution in [0.2, 0.25) is 10.0 Å². The van der Waals surface area contributed by atoms with Gasteiger partial charge in [0, 0.05) is 6.04 Å². The maximum Gasteiger partial charge on any atom is 0.0595 e. The molecule has 0 fully saturated rings. The first-order chi connectivity index (χ1) is 9.06. The number of halogens is 2. The maximum atomic E-state index is 6.19. The lowest BCUT2D eigenvalue weighted by atomic mass is 9.99. The quantitative estimate of drug-likeness (QED) is 0.849. The summed E-state index contributed by atoms with van der Waals surface area (Å²) in [6.45, 7) is 2.09. The van der Waals surface area contributed by atoms with E-state index in [1.54, 1.807) is 6.07 Å². The van der Waals surface area contributed by atoms with E-state index in [0.29, 0.717) is 10.0 Å². The zero-order chi connectivity index (χ0) is 13.8. The van der Waals surface area contributed by atoms with Gasteiger partial charge in [-0.1, -0.05) is 59.1 Å². The molecule has 2 N–H and O–H groups in total. The van der Waals surface area contributed by atoms with Gasteiger partial charge in [-0.25, -0.2) is 0 Å². The van der Waals surface area contributed by atoms with Crippen LogP contribution in [0.15, 0.2) is 42.5 Å². The molecule has 0 aromatic heterocycles. The average Bonchev–Trinajstić information content (AvgIpc) is 2.41. The summed E-state index contributed by atoms with van der Waals surface area (Å²) in [6.07, 6.45) is 1.85. The SMILES string of the molecule is Cc1ccc(CCC(N)c2ccc(Cl)c(Cl)c2)cc1. The minimum atomic E-state index is -0.0175. The fourth-order valence-corrected chi connectivity index (χ4v) is 2.29. The molecule has 2 aromatic carbocycles. The van der Waals surface area contributed by atoms with E-state index in [1.807, 2.05) is 12.1 Å². The molecule has 1 nitrogen and oxygen atoms in total. The molecule has 0 aliphatic rings. The third-order valence-electron chi connectivity index (χ3n) is 3.24. The van der Waals surface area contributed by atoms with Gasteiger partial charge in [0.25, 0.3) is 0 Å². The van der Waals surface area contributed by atoms with Crippen molar-refractivity contribution in [2.24, 2.45) is 5.73 Å². The van der Waals surface area contributed by atoms with Gasteiger partial charge in [0.1, 0.15) is 0 Å². The van der Waals surface area contributed by atoms with E-state index in [2.05, 4.69) is 31.2 Å². The number of benzene rings is 2. The van der Waals surface area contributed by atoms with Gasteiger partial charge in [0.15, 0.2) is 0 Å². The predicted molar refractivity (Wildman–Crippen MR) is 82.9 cm³/mol. The van der Waals surface area contributed by atoms with E-state index in [4.69, 9.17) is 28.9 Å². The predicted octanol–water partition coefficient (Wildman–Crippen LogP) is 4.93. The first kappa shape index (κ1) is 14.4. The van der Waals surface area contributed by atoms with Crippen molar-refractivity contribution in [2.45, 2.75) is 25.8 Å². The summed E-state index contributed by atoms with van der Waals surface area (Å²) in [5, 5.41) is 1.13. The molecule has 0 saturated heterocycles. The molecular weight excluding hydrogens is 277 g/mol. The Balaban J connectivity index is 1.98. The van der Waals surface area contributed by atoms with Gasteiger partial charge in [-0.3, -0.25) is 0 Å². The van der Waals surface area contributed by atoms with Crippen molar-refractivity contribution < 1.29 is 0 Å². The average molecular weight is 294 g/mol. The molecule has 0 spiro atoms. The van der Waals surface area contributed by atoms with Crippen LogP contribution in [0.5, 0.6) is 0 Å². The van der Waals surface area contributed by atoms with Crippen LogP contribution in [-0.2, 0) is 6.42 Å². The molecule has 0 bridgehead atoms. The summed E-state index contributed by atoms with van der Waals surface area (Å²) in [5.41, 5.74) is 9.80. The van der Waals surface area contributed by atoms with Crippen molar-refractivity contribution in [3.8, 4) is 0 Å². The van der Waals surface area contributed by atoms with E-state index in [0.717, 1.165) is 18.4 Å². The molecule has 0 aliphatic carbocycles. The Morgan fingerprint density at radius 2 is 1.68 bits per heavy atom. The number of hydrogen-bond acceptors (Lipinski definition) is 1. The molecule has 1 atom stereocenters. The van der Waals surface area contributed by atoms with Crippen LogP contribution in [0.25, 0.3) is 0 Å². The van der Waals surface area contributed by atoms with Gasteiger partial charge >= 0.3 is 0 Å². The van der Waals surface area contributed by atoms with Gasteiger partial charge in [0.2, 0.25) is 0 Å². The molecule has 1 unspecified atom stereocenters. The summed E-state index contributed by atoms with van der Waals surface area (Å²) in [6, 6.07) is 14.1. The van der Waals surface area contributed by atoms with Crippen LogP contribution < -0.4 is 5.73 Å². The molecule has 19 heavy (non-hydrogen) atoms. The van der Waals surface area contributed by atoms with Crippen LogP contribution in [0, 0.1) is 6.92 Å². The summed E-state index contributed by atoms with van der Waals surface area (Å²) >= 11 is 11.9. The fraction of sp³-hybridized carbons (Fsp3) is 0.250. The Bertz CT molecular complexity index is 549. The van der Waals surface area contributed by atoms with Crippen molar-refractivity contribution in [3.63, 3.8) is 0 Å². The molecule has 2 aromatic rings. The molecule has 3 heteroatoms. The molecular formula is C16H17Cl2N. The fourth-order valence-electron chi connectivity index (χ4n) is 1.99. The standard InChI is InChI=1S/C16H17Cl2N/c1-11-2-4-12(5-3-11)6-9-16(19)13-7-8-14(17)15(18)10-13/h2-5,7-8,10,16H,6,9,19H2,1H3. The number of aryl methyl sites for hydroxylation is 2. The van der Waals surface area contributed by atoms with E-state index in [1.165, 1.54) is 11.1 Å². The van der Waals surface area contributed by atoms with Gasteiger partial charge in [-0.2, -0.15) is 0 Å². The number of nitrogens with two attached hydrogens (primary N) is 1.